The highest BCUT2D eigenvalue weighted by atomic mass is 16.6. The molecule has 3 amide bonds. The first-order chi connectivity index (χ1) is 16.1. The minimum Gasteiger partial charge on any atom is -0.480 e. The van der Waals surface area contributed by atoms with E-state index in [4.69, 9.17) is 14.2 Å². The lowest BCUT2D eigenvalue weighted by Crippen LogP contribution is -2.59. The molecule has 0 saturated heterocycles. The summed E-state index contributed by atoms with van der Waals surface area (Å²) in [6, 6.07) is 6.21. The minimum atomic E-state index is -1.48. The van der Waals surface area contributed by atoms with E-state index in [9.17, 15) is 24.3 Å². The van der Waals surface area contributed by atoms with Crippen LogP contribution in [0, 0.1) is 0 Å². The van der Waals surface area contributed by atoms with Crippen LogP contribution in [0.5, 0.6) is 0 Å². The third-order valence-electron chi connectivity index (χ3n) is 4.24. The van der Waals surface area contributed by atoms with Crippen LogP contribution < -0.4 is 16.0 Å². The summed E-state index contributed by atoms with van der Waals surface area (Å²) in [6.07, 6.45) is -2.55. The van der Waals surface area contributed by atoms with Crippen LogP contribution in [0.2, 0.25) is 0 Å². The number of hydrogen-bond acceptors (Lipinski definition) is 7. The van der Waals surface area contributed by atoms with Gasteiger partial charge >= 0.3 is 18.2 Å². The molecule has 3 unspecified atom stereocenters. The summed E-state index contributed by atoms with van der Waals surface area (Å²) in [5.74, 6) is -2.21. The molecule has 0 aliphatic carbocycles. The molecule has 1 rings (SSSR count). The number of alkyl carbamates (subject to hydrolysis) is 2. The monoisotopic (exact) mass is 495 g/mol. The summed E-state index contributed by atoms with van der Waals surface area (Å²) in [5.41, 5.74) is -0.680. The van der Waals surface area contributed by atoms with Crippen molar-refractivity contribution >= 4 is 24.1 Å². The fraction of sp³-hybridized carbons (Fsp3) is 0.583. The third kappa shape index (κ3) is 12.6. The van der Waals surface area contributed by atoms with Gasteiger partial charge in [0.15, 0.2) is 0 Å². The Hall–Kier alpha value is -3.34. The smallest absolute Gasteiger partial charge is 0.408 e. The van der Waals surface area contributed by atoms with Crippen molar-refractivity contribution in [3.05, 3.63) is 35.9 Å². The van der Waals surface area contributed by atoms with E-state index in [1.807, 2.05) is 6.07 Å². The maximum absolute atomic E-state index is 13.0. The summed E-state index contributed by atoms with van der Waals surface area (Å²) >= 11 is 0. The maximum atomic E-state index is 13.0. The Morgan fingerprint density at radius 3 is 2.03 bits per heavy atom. The number of hydrogen-bond donors (Lipinski definition) is 4. The summed E-state index contributed by atoms with van der Waals surface area (Å²) < 4.78 is 16.1. The molecule has 11 heteroatoms. The molecule has 35 heavy (non-hydrogen) atoms. The van der Waals surface area contributed by atoms with Crippen molar-refractivity contribution in [3.63, 3.8) is 0 Å². The van der Waals surface area contributed by atoms with Gasteiger partial charge in [0.25, 0.3) is 0 Å². The van der Waals surface area contributed by atoms with Gasteiger partial charge in [0.2, 0.25) is 5.91 Å². The van der Waals surface area contributed by atoms with Crippen LogP contribution in [0.3, 0.4) is 0 Å². The first-order valence-electron chi connectivity index (χ1n) is 11.2. The lowest BCUT2D eigenvalue weighted by molar-refractivity contribution is -0.143. The standard InChI is InChI=1S/C24H37N3O8/c1-15(34-23(2,3)4)18(27-22(32)33-14-16-11-9-8-10-12-16)19(28)26-17(20(29)30)13-25-21(31)35-24(5,6)7/h8-12,15,17-18H,13-14H2,1-7H3,(H,25,31)(H,26,28)(H,27,32)(H,29,30). The molecular formula is C24H37N3O8. The number of ether oxygens (including phenoxy) is 3. The Labute approximate surface area is 205 Å². The Morgan fingerprint density at radius 1 is 0.914 bits per heavy atom. The lowest BCUT2D eigenvalue weighted by Gasteiger charge is -2.31. The van der Waals surface area contributed by atoms with Crippen LogP contribution in [0.25, 0.3) is 0 Å². The number of aliphatic carboxylic acids is 1. The molecule has 4 N–H and O–H groups in total. The number of nitrogens with one attached hydrogen (secondary N) is 3. The number of carboxylic acids is 1. The third-order valence-corrected chi connectivity index (χ3v) is 4.24. The van der Waals surface area contributed by atoms with E-state index in [0.717, 1.165) is 5.56 Å². The van der Waals surface area contributed by atoms with Crippen LogP contribution in [-0.4, -0.2) is 65.1 Å². The molecule has 0 aliphatic rings. The van der Waals surface area contributed by atoms with Gasteiger partial charge in [-0.15, -0.1) is 0 Å². The summed E-state index contributed by atoms with van der Waals surface area (Å²) in [6.45, 7) is 11.4. The van der Waals surface area contributed by atoms with Gasteiger partial charge in [-0.05, 0) is 54.0 Å². The van der Waals surface area contributed by atoms with Crippen LogP contribution in [-0.2, 0) is 30.4 Å². The Balaban J connectivity index is 2.88. The molecule has 0 aliphatic heterocycles. The molecule has 0 spiro atoms. The van der Waals surface area contributed by atoms with E-state index in [-0.39, 0.29) is 6.61 Å². The van der Waals surface area contributed by atoms with Crippen molar-refractivity contribution in [3.8, 4) is 0 Å². The zero-order chi connectivity index (χ0) is 26.8. The van der Waals surface area contributed by atoms with E-state index < -0.39 is 60.0 Å². The van der Waals surface area contributed by atoms with E-state index in [0.29, 0.717) is 0 Å². The van der Waals surface area contributed by atoms with Crippen LogP contribution in [0.15, 0.2) is 30.3 Å². The molecule has 0 bridgehead atoms. The molecule has 1 aromatic rings. The van der Waals surface area contributed by atoms with Gasteiger partial charge in [-0.3, -0.25) is 4.79 Å². The van der Waals surface area contributed by atoms with E-state index in [1.165, 1.54) is 0 Å². The molecule has 3 atom stereocenters. The van der Waals surface area contributed by atoms with Crippen molar-refractivity contribution in [2.24, 2.45) is 0 Å². The predicted octanol–water partition coefficient (Wildman–Crippen LogP) is 2.58. The average molecular weight is 496 g/mol. The van der Waals surface area contributed by atoms with E-state index in [2.05, 4.69) is 16.0 Å². The minimum absolute atomic E-state index is 0.0208. The van der Waals surface area contributed by atoms with Crippen molar-refractivity contribution in [1.29, 1.82) is 0 Å². The first-order valence-corrected chi connectivity index (χ1v) is 11.2. The highest BCUT2D eigenvalue weighted by Gasteiger charge is 2.34. The van der Waals surface area contributed by atoms with E-state index in [1.54, 1.807) is 72.7 Å². The van der Waals surface area contributed by atoms with E-state index >= 15 is 0 Å². The summed E-state index contributed by atoms with van der Waals surface area (Å²) in [7, 11) is 0. The highest BCUT2D eigenvalue weighted by molar-refractivity contribution is 5.90. The number of amides is 3. The topological polar surface area (TPSA) is 152 Å². The second-order valence-corrected chi connectivity index (χ2v) is 9.90. The van der Waals surface area contributed by atoms with Crippen molar-refractivity contribution in [2.75, 3.05) is 6.54 Å². The van der Waals surface area contributed by atoms with Gasteiger partial charge in [0.05, 0.1) is 18.2 Å². The Bertz CT molecular complexity index is 862. The molecule has 196 valence electrons. The van der Waals surface area contributed by atoms with Gasteiger partial charge < -0.3 is 35.3 Å². The number of carboxylic acid groups (broad SMARTS) is 1. The van der Waals surface area contributed by atoms with Crippen LogP contribution >= 0.6 is 0 Å². The summed E-state index contributed by atoms with van der Waals surface area (Å²) in [4.78, 5) is 49.0. The molecule has 0 radical (unpaired) electrons. The van der Waals surface area contributed by atoms with Gasteiger partial charge in [-0.25, -0.2) is 14.4 Å². The second kappa shape index (κ2) is 12.9. The highest BCUT2D eigenvalue weighted by Crippen LogP contribution is 2.14. The van der Waals surface area contributed by atoms with Gasteiger partial charge in [0.1, 0.15) is 24.3 Å². The Kier molecular flexibility index (Phi) is 11.0. The zero-order valence-electron chi connectivity index (χ0n) is 21.3. The predicted molar refractivity (Wildman–Crippen MR) is 128 cm³/mol. The summed E-state index contributed by atoms with van der Waals surface area (Å²) in [5, 5.41) is 16.6. The molecular weight excluding hydrogens is 458 g/mol. The lowest BCUT2D eigenvalue weighted by atomic mass is 10.1. The molecule has 0 aromatic heterocycles. The second-order valence-electron chi connectivity index (χ2n) is 9.90. The molecule has 0 saturated carbocycles. The molecule has 0 fully saturated rings. The normalized spacial score (nSPS) is 14.1. The average Bonchev–Trinajstić information content (AvgIpc) is 2.71. The Morgan fingerprint density at radius 2 is 1.51 bits per heavy atom. The zero-order valence-corrected chi connectivity index (χ0v) is 21.3. The number of rotatable bonds is 10. The van der Waals surface area contributed by atoms with Gasteiger partial charge in [0, 0.05) is 0 Å². The number of benzene rings is 1. The number of carbonyl (C=O) groups excluding carboxylic acids is 3. The molecule has 11 nitrogen and oxygen atoms in total. The largest absolute Gasteiger partial charge is 0.480 e. The van der Waals surface area contributed by atoms with Crippen molar-refractivity contribution in [2.45, 2.75) is 84.5 Å². The van der Waals surface area contributed by atoms with Crippen molar-refractivity contribution in [1.82, 2.24) is 16.0 Å². The van der Waals surface area contributed by atoms with Gasteiger partial charge in [-0.1, -0.05) is 30.3 Å². The molecule has 1 aromatic carbocycles. The quantitative estimate of drug-likeness (QED) is 0.386. The fourth-order valence-electron chi connectivity index (χ4n) is 2.87. The number of carbonyl (C=O) groups is 4. The van der Waals surface area contributed by atoms with Gasteiger partial charge in [-0.2, -0.15) is 0 Å². The maximum Gasteiger partial charge on any atom is 0.408 e. The first kappa shape index (κ1) is 29.7. The van der Waals surface area contributed by atoms with Crippen molar-refractivity contribution < 1.29 is 38.5 Å². The molecule has 0 heterocycles. The van der Waals surface area contributed by atoms with Crippen LogP contribution in [0.4, 0.5) is 9.59 Å². The SMILES string of the molecule is CC(OC(C)(C)C)C(NC(=O)OCc1ccccc1)C(=O)NC(CNC(=O)OC(C)(C)C)C(=O)O. The fourth-order valence-corrected chi connectivity index (χ4v) is 2.87. The van der Waals surface area contributed by atoms with Crippen LogP contribution in [0.1, 0.15) is 54.0 Å².